The zero-order valence-electron chi connectivity index (χ0n) is 12.1. The first kappa shape index (κ1) is 15.0. The van der Waals surface area contributed by atoms with Crippen LogP contribution in [0, 0.1) is 6.92 Å². The lowest BCUT2D eigenvalue weighted by atomic mass is 10.1. The van der Waals surface area contributed by atoms with E-state index < -0.39 is 5.91 Å². The van der Waals surface area contributed by atoms with Gasteiger partial charge in [-0.2, -0.15) is 0 Å². The molecule has 0 saturated carbocycles. The summed E-state index contributed by atoms with van der Waals surface area (Å²) in [4.78, 5) is 17.9. The molecule has 0 atom stereocenters. The molecule has 21 heavy (non-hydrogen) atoms. The normalized spacial score (nSPS) is 10.4. The quantitative estimate of drug-likeness (QED) is 0.849. The molecule has 0 fully saturated rings. The highest BCUT2D eigenvalue weighted by Crippen LogP contribution is 2.26. The van der Waals surface area contributed by atoms with Gasteiger partial charge in [-0.3, -0.25) is 4.79 Å². The maximum Gasteiger partial charge on any atom is 0.252 e. The molecule has 4 N–H and O–H groups in total. The fraction of sp³-hybridized carbons (Fsp3) is 0.250. The third-order valence-corrected chi connectivity index (χ3v) is 3.24. The van der Waals surface area contributed by atoms with E-state index in [0.29, 0.717) is 24.5 Å². The standard InChI is InChI=1S/C16H20N4O/c1-12-5-7-13(8-6-12)20(11-3-9-17)16-14(15(18)21)4-2-10-19-16/h2,4-8,10H,3,9,11,17H2,1H3,(H2,18,21). The molecule has 1 amide bonds. The number of nitrogens with two attached hydrogens (primary N) is 2. The minimum atomic E-state index is -0.483. The van der Waals surface area contributed by atoms with Crippen LogP contribution in [-0.2, 0) is 0 Å². The van der Waals surface area contributed by atoms with E-state index in [0.717, 1.165) is 12.1 Å². The topological polar surface area (TPSA) is 85.2 Å². The Labute approximate surface area is 124 Å². The Hall–Kier alpha value is -2.40. The number of pyridine rings is 1. The number of nitrogens with zero attached hydrogens (tertiary/aromatic N) is 2. The Balaban J connectivity index is 2.45. The molecule has 0 unspecified atom stereocenters. The molecule has 0 radical (unpaired) electrons. The van der Waals surface area contributed by atoms with Gasteiger partial charge in [-0.25, -0.2) is 4.98 Å². The monoisotopic (exact) mass is 284 g/mol. The van der Waals surface area contributed by atoms with Gasteiger partial charge < -0.3 is 16.4 Å². The van der Waals surface area contributed by atoms with Crippen molar-refractivity contribution in [3.8, 4) is 0 Å². The van der Waals surface area contributed by atoms with Crippen molar-refractivity contribution in [3.63, 3.8) is 0 Å². The van der Waals surface area contributed by atoms with Crippen molar-refractivity contribution in [3.05, 3.63) is 53.7 Å². The summed E-state index contributed by atoms with van der Waals surface area (Å²) >= 11 is 0. The van der Waals surface area contributed by atoms with E-state index in [-0.39, 0.29) is 0 Å². The van der Waals surface area contributed by atoms with Gasteiger partial charge in [-0.15, -0.1) is 0 Å². The van der Waals surface area contributed by atoms with Gasteiger partial charge in [0.1, 0.15) is 5.82 Å². The highest BCUT2D eigenvalue weighted by molar-refractivity contribution is 5.98. The number of benzene rings is 1. The number of primary amides is 1. The van der Waals surface area contributed by atoms with E-state index in [1.54, 1.807) is 18.3 Å². The van der Waals surface area contributed by atoms with Crippen LogP contribution in [0.5, 0.6) is 0 Å². The van der Waals surface area contributed by atoms with E-state index in [4.69, 9.17) is 11.5 Å². The summed E-state index contributed by atoms with van der Waals surface area (Å²) < 4.78 is 0. The highest BCUT2D eigenvalue weighted by Gasteiger charge is 2.17. The van der Waals surface area contributed by atoms with E-state index in [9.17, 15) is 4.79 Å². The first-order valence-corrected chi connectivity index (χ1v) is 6.92. The van der Waals surface area contributed by atoms with Gasteiger partial charge >= 0.3 is 0 Å². The van der Waals surface area contributed by atoms with Crippen LogP contribution in [0.4, 0.5) is 11.5 Å². The maximum atomic E-state index is 11.6. The molecule has 0 saturated heterocycles. The van der Waals surface area contributed by atoms with Crippen LogP contribution in [0.3, 0.4) is 0 Å². The van der Waals surface area contributed by atoms with Crippen molar-refractivity contribution in [1.82, 2.24) is 4.98 Å². The number of hydrogen-bond acceptors (Lipinski definition) is 4. The van der Waals surface area contributed by atoms with E-state index >= 15 is 0 Å². The van der Waals surface area contributed by atoms with Gasteiger partial charge in [0, 0.05) is 18.4 Å². The van der Waals surface area contributed by atoms with Crippen LogP contribution in [0.15, 0.2) is 42.6 Å². The molecule has 0 aliphatic carbocycles. The third-order valence-electron chi connectivity index (χ3n) is 3.24. The molecule has 0 aliphatic rings. The molecular formula is C16H20N4O. The maximum absolute atomic E-state index is 11.6. The number of aryl methyl sites for hydroxylation is 1. The molecule has 110 valence electrons. The van der Waals surface area contributed by atoms with Crippen molar-refractivity contribution < 1.29 is 4.79 Å². The lowest BCUT2D eigenvalue weighted by Gasteiger charge is -2.25. The molecule has 2 rings (SSSR count). The van der Waals surface area contributed by atoms with Crippen molar-refractivity contribution in [1.29, 1.82) is 0 Å². The summed E-state index contributed by atoms with van der Waals surface area (Å²) in [6.07, 6.45) is 2.45. The summed E-state index contributed by atoms with van der Waals surface area (Å²) in [6.45, 7) is 3.28. The Kier molecular flexibility index (Phi) is 4.90. The average Bonchev–Trinajstić information content (AvgIpc) is 2.49. The molecule has 2 aromatic rings. The SMILES string of the molecule is Cc1ccc(N(CCCN)c2ncccc2C(N)=O)cc1. The molecule has 0 aliphatic heterocycles. The molecule has 1 aromatic carbocycles. The van der Waals surface area contributed by atoms with Crippen LogP contribution in [0.1, 0.15) is 22.3 Å². The number of amides is 1. The first-order valence-electron chi connectivity index (χ1n) is 6.92. The summed E-state index contributed by atoms with van der Waals surface area (Å²) in [5.74, 6) is 0.0882. The number of rotatable bonds is 6. The highest BCUT2D eigenvalue weighted by atomic mass is 16.1. The summed E-state index contributed by atoms with van der Waals surface area (Å²) in [7, 11) is 0. The van der Waals surface area contributed by atoms with E-state index in [1.807, 2.05) is 36.1 Å². The number of carbonyl (C=O) groups excluding carboxylic acids is 1. The van der Waals surface area contributed by atoms with Crippen molar-refractivity contribution in [2.45, 2.75) is 13.3 Å². The zero-order valence-corrected chi connectivity index (χ0v) is 12.1. The number of aromatic nitrogens is 1. The Morgan fingerprint density at radius 3 is 2.57 bits per heavy atom. The van der Waals surface area contributed by atoms with E-state index in [1.165, 1.54) is 5.56 Å². The molecule has 0 spiro atoms. The lowest BCUT2D eigenvalue weighted by molar-refractivity contribution is 0.100. The van der Waals surface area contributed by atoms with Crippen molar-refractivity contribution in [2.24, 2.45) is 11.5 Å². The van der Waals surface area contributed by atoms with E-state index in [2.05, 4.69) is 4.98 Å². The van der Waals surface area contributed by atoms with Gasteiger partial charge in [0.25, 0.3) is 5.91 Å². The third kappa shape index (κ3) is 3.58. The van der Waals surface area contributed by atoms with Gasteiger partial charge in [0.2, 0.25) is 0 Å². The summed E-state index contributed by atoms with van der Waals surface area (Å²) in [6, 6.07) is 11.5. The minimum absolute atomic E-state index is 0.412. The number of hydrogen-bond donors (Lipinski definition) is 2. The smallest absolute Gasteiger partial charge is 0.252 e. The van der Waals surface area contributed by atoms with Gasteiger partial charge in [-0.05, 0) is 44.2 Å². The second-order valence-electron chi connectivity index (χ2n) is 4.87. The van der Waals surface area contributed by atoms with Crippen LogP contribution in [0.25, 0.3) is 0 Å². The molecule has 5 heteroatoms. The van der Waals surface area contributed by atoms with Crippen molar-refractivity contribution in [2.75, 3.05) is 18.0 Å². The summed E-state index contributed by atoms with van der Waals surface area (Å²) in [5.41, 5.74) is 13.6. The second kappa shape index (κ2) is 6.85. The van der Waals surface area contributed by atoms with Crippen LogP contribution in [0.2, 0.25) is 0 Å². The van der Waals surface area contributed by atoms with Crippen LogP contribution in [-0.4, -0.2) is 24.0 Å². The molecule has 5 nitrogen and oxygen atoms in total. The Bertz CT molecular complexity index is 610. The average molecular weight is 284 g/mol. The minimum Gasteiger partial charge on any atom is -0.365 e. The van der Waals surface area contributed by atoms with Gasteiger partial charge in [-0.1, -0.05) is 17.7 Å². The van der Waals surface area contributed by atoms with Gasteiger partial charge in [0.05, 0.1) is 5.56 Å². The fourth-order valence-electron chi connectivity index (χ4n) is 2.14. The Morgan fingerprint density at radius 1 is 1.24 bits per heavy atom. The lowest BCUT2D eigenvalue weighted by Crippen LogP contribution is -2.25. The fourth-order valence-corrected chi connectivity index (χ4v) is 2.14. The zero-order chi connectivity index (χ0) is 15.2. The molecule has 1 aromatic heterocycles. The van der Waals surface area contributed by atoms with Crippen LogP contribution < -0.4 is 16.4 Å². The van der Waals surface area contributed by atoms with Crippen LogP contribution >= 0.6 is 0 Å². The molecular weight excluding hydrogens is 264 g/mol. The summed E-state index contributed by atoms with van der Waals surface area (Å²) in [5, 5.41) is 0. The number of anilines is 2. The Morgan fingerprint density at radius 2 is 1.95 bits per heavy atom. The molecule has 0 bridgehead atoms. The first-order chi connectivity index (χ1) is 10.1. The molecule has 1 heterocycles. The second-order valence-corrected chi connectivity index (χ2v) is 4.87. The predicted molar refractivity (Wildman–Crippen MR) is 84.6 cm³/mol. The van der Waals surface area contributed by atoms with Gasteiger partial charge in [0.15, 0.2) is 0 Å². The van der Waals surface area contributed by atoms with Crippen molar-refractivity contribution >= 4 is 17.4 Å². The number of carbonyl (C=O) groups is 1. The predicted octanol–water partition coefficient (Wildman–Crippen LogP) is 1.98. The largest absolute Gasteiger partial charge is 0.365 e.